The molecule has 1 N–H and O–H groups in total. The van der Waals surface area contributed by atoms with Gasteiger partial charge in [0.1, 0.15) is 0 Å². The van der Waals surface area contributed by atoms with Gasteiger partial charge < -0.3 is 5.11 Å². The van der Waals surface area contributed by atoms with E-state index in [1.54, 1.807) is 0 Å². The van der Waals surface area contributed by atoms with Crippen LogP contribution in [0.4, 0.5) is 17.6 Å². The quantitative estimate of drug-likeness (QED) is 0.677. The van der Waals surface area contributed by atoms with Gasteiger partial charge in [0, 0.05) is 11.8 Å². The molecule has 0 aliphatic carbocycles. The molecule has 3 nitrogen and oxygen atoms in total. The van der Waals surface area contributed by atoms with Crippen LogP contribution in [0, 0.1) is 5.95 Å². The molecule has 0 saturated heterocycles. The van der Waals surface area contributed by atoms with Gasteiger partial charge in [0.25, 0.3) is 0 Å². The maximum absolute atomic E-state index is 13.5. The Labute approximate surface area is 110 Å². The number of nitrogens with zero attached hydrogens (tertiary/aromatic N) is 1. The fraction of sp³-hybridized carbons (Fsp3) is 0.0769. The van der Waals surface area contributed by atoms with Gasteiger partial charge in [-0.2, -0.15) is 17.6 Å². The zero-order valence-corrected chi connectivity index (χ0v) is 9.78. The van der Waals surface area contributed by atoms with Crippen LogP contribution >= 0.6 is 0 Å². The minimum absolute atomic E-state index is 0.117. The number of carboxylic acid groups (broad SMARTS) is 1. The largest absolute Gasteiger partial charge is 0.478 e. The smallest absolute Gasteiger partial charge is 0.416 e. The van der Waals surface area contributed by atoms with E-state index >= 15 is 0 Å². The summed E-state index contributed by atoms with van der Waals surface area (Å²) >= 11 is 0. The molecule has 0 unspecified atom stereocenters. The van der Waals surface area contributed by atoms with E-state index in [1.165, 1.54) is 0 Å². The summed E-state index contributed by atoms with van der Waals surface area (Å²) in [7, 11) is 0. The van der Waals surface area contributed by atoms with Crippen LogP contribution in [0.15, 0.2) is 36.5 Å². The fourth-order valence-electron chi connectivity index (χ4n) is 1.61. The molecule has 0 aliphatic rings. The molecule has 1 aromatic heterocycles. The van der Waals surface area contributed by atoms with Gasteiger partial charge >= 0.3 is 12.1 Å². The molecule has 0 saturated carbocycles. The van der Waals surface area contributed by atoms with Crippen molar-refractivity contribution >= 4 is 5.97 Å². The molecule has 2 aromatic rings. The van der Waals surface area contributed by atoms with Crippen molar-refractivity contribution in [3.8, 4) is 11.1 Å². The Morgan fingerprint density at radius 1 is 1.15 bits per heavy atom. The molecule has 1 heterocycles. The van der Waals surface area contributed by atoms with Crippen LogP contribution in [0.1, 0.15) is 15.9 Å². The van der Waals surface area contributed by atoms with E-state index in [1.807, 2.05) is 0 Å². The number of aromatic nitrogens is 1. The molecule has 0 amide bonds. The molecular weight excluding hydrogens is 278 g/mol. The topological polar surface area (TPSA) is 50.2 Å². The first-order valence-electron chi connectivity index (χ1n) is 5.35. The Hall–Kier alpha value is -2.44. The predicted octanol–water partition coefficient (Wildman–Crippen LogP) is 3.60. The molecule has 0 atom stereocenters. The average molecular weight is 285 g/mol. The highest BCUT2D eigenvalue weighted by atomic mass is 19.4. The standard InChI is InChI=1S/C13H7F4NO2/c14-11-10(5-8(6-18-11)12(19)20)7-1-3-9(4-2-7)13(15,16)17/h1-6H,(H,19,20). The van der Waals surface area contributed by atoms with Gasteiger partial charge in [0.05, 0.1) is 11.1 Å². The van der Waals surface area contributed by atoms with Crippen LogP contribution < -0.4 is 0 Å². The van der Waals surface area contributed by atoms with Crippen LogP contribution in [-0.4, -0.2) is 16.1 Å². The number of alkyl halides is 3. The van der Waals surface area contributed by atoms with Gasteiger partial charge in [0.15, 0.2) is 0 Å². The van der Waals surface area contributed by atoms with Crippen LogP contribution in [0.3, 0.4) is 0 Å². The van der Waals surface area contributed by atoms with Crippen molar-refractivity contribution < 1.29 is 27.5 Å². The van der Waals surface area contributed by atoms with E-state index in [0.29, 0.717) is 0 Å². The highest BCUT2D eigenvalue weighted by Gasteiger charge is 2.30. The summed E-state index contributed by atoms with van der Waals surface area (Å²) in [5.41, 5.74) is -1.17. The SMILES string of the molecule is O=C(O)c1cnc(F)c(-c2ccc(C(F)(F)F)cc2)c1. The number of halogens is 4. The zero-order valence-electron chi connectivity index (χ0n) is 9.78. The second kappa shape index (κ2) is 4.92. The second-order valence-electron chi connectivity index (χ2n) is 3.94. The lowest BCUT2D eigenvalue weighted by molar-refractivity contribution is -0.137. The number of carboxylic acids is 1. The number of benzene rings is 1. The first-order chi connectivity index (χ1) is 9.29. The van der Waals surface area contributed by atoms with E-state index in [2.05, 4.69) is 4.98 Å². The summed E-state index contributed by atoms with van der Waals surface area (Å²) in [6.45, 7) is 0. The number of aromatic carboxylic acids is 1. The molecule has 0 bridgehead atoms. The molecular formula is C13H7F4NO2. The number of rotatable bonds is 2. The number of carbonyl (C=O) groups is 1. The molecule has 0 spiro atoms. The summed E-state index contributed by atoms with van der Waals surface area (Å²) < 4.78 is 50.7. The monoisotopic (exact) mass is 285 g/mol. The van der Waals surface area contributed by atoms with Crippen molar-refractivity contribution in [1.82, 2.24) is 4.98 Å². The van der Waals surface area contributed by atoms with Gasteiger partial charge in [-0.25, -0.2) is 9.78 Å². The maximum atomic E-state index is 13.5. The van der Waals surface area contributed by atoms with Gasteiger partial charge in [-0.1, -0.05) is 12.1 Å². The summed E-state index contributed by atoms with van der Waals surface area (Å²) in [6, 6.07) is 4.74. The molecule has 7 heteroatoms. The van der Waals surface area contributed by atoms with E-state index in [9.17, 15) is 22.4 Å². The van der Waals surface area contributed by atoms with Gasteiger partial charge in [-0.3, -0.25) is 0 Å². The first-order valence-corrected chi connectivity index (χ1v) is 5.35. The molecule has 0 radical (unpaired) electrons. The average Bonchev–Trinajstić information content (AvgIpc) is 2.38. The third-order valence-electron chi connectivity index (χ3n) is 2.61. The molecule has 104 valence electrons. The summed E-state index contributed by atoms with van der Waals surface area (Å²) in [5.74, 6) is -2.25. The Bertz CT molecular complexity index is 650. The lowest BCUT2D eigenvalue weighted by Gasteiger charge is -2.08. The molecule has 20 heavy (non-hydrogen) atoms. The summed E-state index contributed by atoms with van der Waals surface area (Å²) in [4.78, 5) is 14.0. The second-order valence-corrected chi connectivity index (χ2v) is 3.94. The molecule has 2 rings (SSSR count). The maximum Gasteiger partial charge on any atom is 0.416 e. The van der Waals surface area contributed by atoms with Gasteiger partial charge in [0.2, 0.25) is 5.95 Å². The minimum atomic E-state index is -4.49. The Kier molecular flexibility index (Phi) is 3.44. The van der Waals surface area contributed by atoms with Crippen LogP contribution in [0.25, 0.3) is 11.1 Å². The van der Waals surface area contributed by atoms with E-state index in [4.69, 9.17) is 5.11 Å². The summed E-state index contributed by atoms with van der Waals surface area (Å²) in [5, 5.41) is 8.79. The van der Waals surface area contributed by atoms with Crippen molar-refractivity contribution in [2.24, 2.45) is 0 Å². The first kappa shape index (κ1) is 14.0. The third-order valence-corrected chi connectivity index (χ3v) is 2.61. The number of pyridine rings is 1. The number of hydrogen-bond donors (Lipinski definition) is 1. The lowest BCUT2D eigenvalue weighted by atomic mass is 10.0. The van der Waals surface area contributed by atoms with E-state index in [0.717, 1.165) is 36.5 Å². The van der Waals surface area contributed by atoms with Gasteiger partial charge in [-0.15, -0.1) is 0 Å². The van der Waals surface area contributed by atoms with Crippen LogP contribution in [-0.2, 0) is 6.18 Å². The predicted molar refractivity (Wildman–Crippen MR) is 61.6 cm³/mol. The van der Waals surface area contributed by atoms with E-state index in [-0.39, 0.29) is 16.7 Å². The molecule has 0 aliphatic heterocycles. The van der Waals surface area contributed by atoms with Gasteiger partial charge in [-0.05, 0) is 23.8 Å². The van der Waals surface area contributed by atoms with Crippen molar-refractivity contribution in [3.05, 3.63) is 53.6 Å². The lowest BCUT2D eigenvalue weighted by Crippen LogP contribution is -2.04. The minimum Gasteiger partial charge on any atom is -0.478 e. The van der Waals surface area contributed by atoms with Crippen LogP contribution in [0.2, 0.25) is 0 Å². The molecule has 0 fully saturated rings. The normalized spacial score (nSPS) is 11.4. The Balaban J connectivity index is 2.46. The fourth-order valence-corrected chi connectivity index (χ4v) is 1.61. The molecule has 1 aromatic carbocycles. The number of hydrogen-bond acceptors (Lipinski definition) is 2. The third kappa shape index (κ3) is 2.76. The van der Waals surface area contributed by atoms with Crippen molar-refractivity contribution in [1.29, 1.82) is 0 Å². The summed E-state index contributed by atoms with van der Waals surface area (Å²) in [6.07, 6.45) is -3.65. The Morgan fingerprint density at radius 3 is 2.25 bits per heavy atom. The highest BCUT2D eigenvalue weighted by Crippen LogP contribution is 2.31. The van der Waals surface area contributed by atoms with Crippen molar-refractivity contribution in [2.45, 2.75) is 6.18 Å². The van der Waals surface area contributed by atoms with E-state index < -0.39 is 23.7 Å². The highest BCUT2D eigenvalue weighted by molar-refractivity contribution is 5.88. The van der Waals surface area contributed by atoms with Crippen molar-refractivity contribution in [2.75, 3.05) is 0 Å². The van der Waals surface area contributed by atoms with Crippen molar-refractivity contribution in [3.63, 3.8) is 0 Å². The zero-order chi connectivity index (χ0) is 14.9. The van der Waals surface area contributed by atoms with Crippen LogP contribution in [0.5, 0.6) is 0 Å². The Morgan fingerprint density at radius 2 is 1.75 bits per heavy atom.